The molecule has 108 valence electrons. The van der Waals surface area contributed by atoms with E-state index < -0.39 is 10.0 Å². The van der Waals surface area contributed by atoms with Crippen molar-refractivity contribution < 1.29 is 13.2 Å². The van der Waals surface area contributed by atoms with Gasteiger partial charge in [-0.2, -0.15) is 4.31 Å². The van der Waals surface area contributed by atoms with E-state index >= 15 is 0 Å². The van der Waals surface area contributed by atoms with Gasteiger partial charge in [0.25, 0.3) is 0 Å². The van der Waals surface area contributed by atoms with Crippen molar-refractivity contribution in [1.82, 2.24) is 4.31 Å². The van der Waals surface area contributed by atoms with Crippen LogP contribution in [0, 0.1) is 0 Å². The molecule has 0 saturated carbocycles. The fourth-order valence-electron chi connectivity index (χ4n) is 1.93. The SMILES string of the molecule is CCN(C(C)COC)S(=O)(=O)c1ccc(CBr)cc1. The Kier molecular flexibility index (Phi) is 6.46. The lowest BCUT2D eigenvalue weighted by Crippen LogP contribution is -2.40. The van der Waals surface area contributed by atoms with E-state index in [0.29, 0.717) is 23.4 Å². The molecular weight excluding hydrogens is 330 g/mol. The fourth-order valence-corrected chi connectivity index (χ4v) is 3.93. The third-order valence-electron chi connectivity index (χ3n) is 2.90. The Morgan fingerprint density at radius 1 is 1.32 bits per heavy atom. The average molecular weight is 350 g/mol. The molecule has 0 heterocycles. The maximum absolute atomic E-state index is 12.5. The molecule has 0 aliphatic carbocycles. The Labute approximate surface area is 123 Å². The lowest BCUT2D eigenvalue weighted by atomic mass is 10.2. The van der Waals surface area contributed by atoms with E-state index in [9.17, 15) is 8.42 Å². The van der Waals surface area contributed by atoms with E-state index in [1.54, 1.807) is 19.2 Å². The van der Waals surface area contributed by atoms with Crippen molar-refractivity contribution in [2.24, 2.45) is 0 Å². The Morgan fingerprint density at radius 3 is 2.32 bits per heavy atom. The summed E-state index contributed by atoms with van der Waals surface area (Å²) in [6.45, 7) is 4.48. The van der Waals surface area contributed by atoms with Crippen LogP contribution in [-0.2, 0) is 20.1 Å². The second-order valence-corrected chi connectivity index (χ2v) is 6.74. The molecule has 1 aromatic carbocycles. The van der Waals surface area contributed by atoms with Crippen LogP contribution in [0.5, 0.6) is 0 Å². The van der Waals surface area contributed by atoms with Gasteiger partial charge in [0, 0.05) is 25.0 Å². The zero-order valence-corrected chi connectivity index (χ0v) is 13.9. The van der Waals surface area contributed by atoms with Gasteiger partial charge in [-0.25, -0.2) is 8.42 Å². The molecule has 0 saturated heterocycles. The summed E-state index contributed by atoms with van der Waals surface area (Å²) in [5.74, 6) is 0. The minimum absolute atomic E-state index is 0.184. The van der Waals surface area contributed by atoms with Crippen LogP contribution < -0.4 is 0 Å². The molecule has 1 rings (SSSR count). The van der Waals surface area contributed by atoms with E-state index in [4.69, 9.17) is 4.74 Å². The van der Waals surface area contributed by atoms with Crippen molar-refractivity contribution in [3.05, 3.63) is 29.8 Å². The average Bonchev–Trinajstić information content (AvgIpc) is 2.39. The van der Waals surface area contributed by atoms with Crippen molar-refractivity contribution in [3.63, 3.8) is 0 Å². The third kappa shape index (κ3) is 4.02. The molecule has 1 unspecified atom stereocenters. The van der Waals surface area contributed by atoms with E-state index in [0.717, 1.165) is 5.56 Å². The number of benzene rings is 1. The number of hydrogen-bond donors (Lipinski definition) is 0. The van der Waals surface area contributed by atoms with Crippen molar-refractivity contribution in [3.8, 4) is 0 Å². The second-order valence-electron chi connectivity index (χ2n) is 4.29. The quantitative estimate of drug-likeness (QED) is 0.711. The fraction of sp³-hybridized carbons (Fsp3) is 0.538. The first-order valence-electron chi connectivity index (χ1n) is 6.13. The zero-order chi connectivity index (χ0) is 14.5. The van der Waals surface area contributed by atoms with E-state index in [2.05, 4.69) is 15.9 Å². The predicted octanol–water partition coefficient (Wildman–Crippen LogP) is 2.63. The number of halogens is 1. The monoisotopic (exact) mass is 349 g/mol. The summed E-state index contributed by atoms with van der Waals surface area (Å²) in [6.07, 6.45) is 0. The zero-order valence-electron chi connectivity index (χ0n) is 11.5. The maximum atomic E-state index is 12.5. The number of likely N-dealkylation sites (N-methyl/N-ethyl adjacent to an activating group) is 1. The molecular formula is C13H20BrNO3S. The molecule has 1 atom stereocenters. The summed E-state index contributed by atoms with van der Waals surface area (Å²) >= 11 is 3.34. The van der Waals surface area contributed by atoms with Crippen LogP contribution in [0.4, 0.5) is 0 Å². The molecule has 0 spiro atoms. The molecule has 1 aromatic rings. The molecule has 0 aromatic heterocycles. The van der Waals surface area contributed by atoms with Gasteiger partial charge >= 0.3 is 0 Å². The van der Waals surface area contributed by atoms with Crippen LogP contribution in [0.25, 0.3) is 0 Å². The molecule has 0 aliphatic heterocycles. The van der Waals surface area contributed by atoms with E-state index in [-0.39, 0.29) is 6.04 Å². The minimum atomic E-state index is -3.46. The number of ether oxygens (including phenoxy) is 1. The molecule has 6 heteroatoms. The van der Waals surface area contributed by atoms with E-state index in [1.807, 2.05) is 26.0 Å². The summed E-state index contributed by atoms with van der Waals surface area (Å²) in [5, 5.41) is 0.713. The Bertz CT molecular complexity index is 487. The number of methoxy groups -OCH3 is 1. The molecule has 0 amide bonds. The van der Waals surface area contributed by atoms with Gasteiger partial charge in [0.05, 0.1) is 11.5 Å². The van der Waals surface area contributed by atoms with Crippen molar-refractivity contribution in [2.45, 2.75) is 30.1 Å². The van der Waals surface area contributed by atoms with Gasteiger partial charge in [-0.05, 0) is 24.6 Å². The normalized spacial score (nSPS) is 13.7. The standard InChI is InChI=1S/C13H20BrNO3S/c1-4-15(11(2)10-18-3)19(16,17)13-7-5-12(9-14)6-8-13/h5-8,11H,4,9-10H2,1-3H3. The van der Waals surface area contributed by atoms with Crippen molar-refractivity contribution >= 4 is 26.0 Å². The minimum Gasteiger partial charge on any atom is -0.383 e. The lowest BCUT2D eigenvalue weighted by Gasteiger charge is -2.26. The highest BCUT2D eigenvalue weighted by Crippen LogP contribution is 2.19. The molecule has 19 heavy (non-hydrogen) atoms. The number of hydrogen-bond acceptors (Lipinski definition) is 3. The first-order chi connectivity index (χ1) is 8.97. The molecule has 0 fully saturated rings. The van der Waals surface area contributed by atoms with Gasteiger partial charge in [0.15, 0.2) is 0 Å². The number of sulfonamides is 1. The van der Waals surface area contributed by atoms with Crippen molar-refractivity contribution in [1.29, 1.82) is 0 Å². The number of rotatable bonds is 7. The first kappa shape index (κ1) is 16.6. The summed E-state index contributed by atoms with van der Waals surface area (Å²) in [4.78, 5) is 0.321. The summed E-state index contributed by atoms with van der Waals surface area (Å²) in [7, 11) is -1.89. The lowest BCUT2D eigenvalue weighted by molar-refractivity contribution is 0.142. The van der Waals surface area contributed by atoms with Gasteiger partial charge in [-0.3, -0.25) is 0 Å². The summed E-state index contributed by atoms with van der Waals surface area (Å²) in [5.41, 5.74) is 1.05. The van der Waals surface area contributed by atoms with Gasteiger partial charge in [0.1, 0.15) is 0 Å². The topological polar surface area (TPSA) is 46.6 Å². The van der Waals surface area contributed by atoms with Crippen LogP contribution >= 0.6 is 15.9 Å². The van der Waals surface area contributed by atoms with Crippen LogP contribution in [0.2, 0.25) is 0 Å². The van der Waals surface area contributed by atoms with E-state index in [1.165, 1.54) is 4.31 Å². The van der Waals surface area contributed by atoms with Crippen LogP contribution in [0.15, 0.2) is 29.2 Å². The largest absolute Gasteiger partial charge is 0.383 e. The van der Waals surface area contributed by atoms with Crippen LogP contribution in [0.1, 0.15) is 19.4 Å². The predicted molar refractivity (Wildman–Crippen MR) is 80.0 cm³/mol. The van der Waals surface area contributed by atoms with Gasteiger partial charge in [-0.15, -0.1) is 0 Å². The highest BCUT2D eigenvalue weighted by molar-refractivity contribution is 9.08. The molecule has 4 nitrogen and oxygen atoms in total. The third-order valence-corrected chi connectivity index (χ3v) is 5.65. The second kappa shape index (κ2) is 7.38. The number of alkyl halides is 1. The van der Waals surface area contributed by atoms with Gasteiger partial charge < -0.3 is 4.74 Å². The van der Waals surface area contributed by atoms with Gasteiger partial charge in [-0.1, -0.05) is 35.0 Å². The van der Waals surface area contributed by atoms with Crippen LogP contribution in [0.3, 0.4) is 0 Å². The maximum Gasteiger partial charge on any atom is 0.243 e. The molecule has 0 N–H and O–H groups in total. The Morgan fingerprint density at radius 2 is 1.89 bits per heavy atom. The highest BCUT2D eigenvalue weighted by atomic mass is 79.9. The van der Waals surface area contributed by atoms with Crippen LogP contribution in [-0.4, -0.2) is 39.0 Å². The summed E-state index contributed by atoms with van der Waals surface area (Å²) in [6, 6.07) is 6.74. The first-order valence-corrected chi connectivity index (χ1v) is 8.69. The molecule has 0 aliphatic rings. The Balaban J connectivity index is 3.05. The van der Waals surface area contributed by atoms with Gasteiger partial charge in [0.2, 0.25) is 10.0 Å². The van der Waals surface area contributed by atoms with Crippen molar-refractivity contribution in [2.75, 3.05) is 20.3 Å². The molecule has 0 radical (unpaired) electrons. The summed E-state index contributed by atoms with van der Waals surface area (Å²) < 4.78 is 31.6. The Hall–Kier alpha value is -0.430. The molecule has 0 bridgehead atoms. The highest BCUT2D eigenvalue weighted by Gasteiger charge is 2.27. The smallest absolute Gasteiger partial charge is 0.243 e. The number of nitrogens with zero attached hydrogens (tertiary/aromatic N) is 1.